The van der Waals surface area contributed by atoms with Gasteiger partial charge >= 0.3 is 0 Å². The molecule has 33 heavy (non-hydrogen) atoms. The summed E-state index contributed by atoms with van der Waals surface area (Å²) in [5, 5.41) is 7.08. The molecule has 172 valence electrons. The van der Waals surface area contributed by atoms with Gasteiger partial charge in [0.1, 0.15) is 0 Å². The molecular weight excluding hydrogens is 434 g/mol. The Bertz CT molecular complexity index is 1100. The van der Waals surface area contributed by atoms with Crippen molar-refractivity contribution < 1.29 is 9.53 Å². The van der Waals surface area contributed by atoms with E-state index in [0.29, 0.717) is 24.7 Å². The second-order valence-electron chi connectivity index (χ2n) is 8.05. The van der Waals surface area contributed by atoms with E-state index in [9.17, 15) is 4.79 Å². The molecular formula is C25H29N5O2S. The van der Waals surface area contributed by atoms with Gasteiger partial charge in [-0.3, -0.25) is 9.78 Å². The monoisotopic (exact) mass is 463 g/mol. The van der Waals surface area contributed by atoms with E-state index in [-0.39, 0.29) is 18.0 Å². The van der Waals surface area contributed by atoms with Crippen LogP contribution in [0.4, 0.5) is 5.69 Å². The Hall–Kier alpha value is -3.23. The van der Waals surface area contributed by atoms with Crippen molar-refractivity contribution in [1.29, 1.82) is 0 Å². The van der Waals surface area contributed by atoms with Crippen LogP contribution in [0.2, 0.25) is 0 Å². The lowest BCUT2D eigenvalue weighted by atomic mass is 10.0. The number of thiocarbonyl (C=S) groups is 1. The van der Waals surface area contributed by atoms with Crippen LogP contribution in [0, 0.1) is 6.92 Å². The van der Waals surface area contributed by atoms with Crippen LogP contribution in [-0.2, 0) is 16.1 Å². The summed E-state index contributed by atoms with van der Waals surface area (Å²) >= 11 is 5.72. The van der Waals surface area contributed by atoms with E-state index in [2.05, 4.69) is 31.2 Å². The third-order valence-corrected chi connectivity index (χ3v) is 6.25. The predicted molar refractivity (Wildman–Crippen MR) is 133 cm³/mol. The first kappa shape index (κ1) is 22.9. The molecule has 2 unspecified atom stereocenters. The molecule has 8 heteroatoms. The molecule has 0 radical (unpaired) electrons. The van der Waals surface area contributed by atoms with Gasteiger partial charge in [-0.2, -0.15) is 0 Å². The topological polar surface area (TPSA) is 71.4 Å². The number of rotatable bonds is 9. The van der Waals surface area contributed by atoms with Crippen LogP contribution in [-0.4, -0.2) is 45.7 Å². The van der Waals surface area contributed by atoms with Gasteiger partial charge in [-0.15, -0.1) is 0 Å². The number of amides is 1. The Kier molecular flexibility index (Phi) is 7.36. The number of pyridine rings is 1. The lowest BCUT2D eigenvalue weighted by Gasteiger charge is -2.28. The molecule has 7 nitrogen and oxygen atoms in total. The molecule has 0 bridgehead atoms. The van der Waals surface area contributed by atoms with Gasteiger partial charge in [0, 0.05) is 50.4 Å². The maximum atomic E-state index is 12.7. The first-order valence-corrected chi connectivity index (χ1v) is 11.5. The van der Waals surface area contributed by atoms with Crippen LogP contribution in [0.15, 0.2) is 67.0 Å². The Morgan fingerprint density at radius 2 is 1.97 bits per heavy atom. The normalized spacial score (nSPS) is 17.8. The quantitative estimate of drug-likeness (QED) is 0.470. The number of ether oxygens (including phenoxy) is 1. The Balaban J connectivity index is 1.56. The lowest BCUT2D eigenvalue weighted by Crippen LogP contribution is -2.33. The summed E-state index contributed by atoms with van der Waals surface area (Å²) in [7, 11) is 1.70. The second kappa shape index (κ2) is 10.6. The molecule has 0 spiro atoms. The Morgan fingerprint density at radius 1 is 1.15 bits per heavy atom. The first-order chi connectivity index (χ1) is 16.1. The minimum absolute atomic E-state index is 0.0399. The van der Waals surface area contributed by atoms with Gasteiger partial charge in [-0.05, 0) is 55.0 Å². The van der Waals surface area contributed by atoms with Crippen LogP contribution in [0.3, 0.4) is 0 Å². The van der Waals surface area contributed by atoms with Gasteiger partial charge in [0.05, 0.1) is 24.4 Å². The van der Waals surface area contributed by atoms with Crippen molar-refractivity contribution in [2.24, 2.45) is 0 Å². The fourth-order valence-electron chi connectivity index (χ4n) is 4.20. The number of para-hydroxylation sites is 1. The van der Waals surface area contributed by atoms with Crippen LogP contribution in [0.25, 0.3) is 0 Å². The van der Waals surface area contributed by atoms with Crippen LogP contribution < -0.4 is 10.6 Å². The number of aromatic nitrogens is 2. The summed E-state index contributed by atoms with van der Waals surface area (Å²) in [5.41, 5.74) is 3.89. The maximum absolute atomic E-state index is 12.7. The molecule has 1 saturated heterocycles. The molecule has 1 aliphatic heterocycles. The minimum atomic E-state index is -0.116. The molecule has 2 aromatic heterocycles. The number of carbonyl (C=O) groups is 1. The first-order valence-electron chi connectivity index (χ1n) is 11.1. The maximum Gasteiger partial charge on any atom is 0.226 e. The number of hydrogen-bond acceptors (Lipinski definition) is 4. The van der Waals surface area contributed by atoms with Crippen molar-refractivity contribution >= 4 is 28.9 Å². The number of benzene rings is 1. The van der Waals surface area contributed by atoms with E-state index in [1.165, 1.54) is 0 Å². The molecule has 1 amide bonds. The zero-order chi connectivity index (χ0) is 23.2. The number of carbonyl (C=O) groups excluding carboxylic acids is 1. The average Bonchev–Trinajstić information content (AvgIpc) is 3.42. The van der Waals surface area contributed by atoms with Crippen LogP contribution in [0.5, 0.6) is 0 Å². The smallest absolute Gasteiger partial charge is 0.226 e. The number of aryl methyl sites for hydroxylation is 1. The van der Waals surface area contributed by atoms with E-state index in [1.54, 1.807) is 13.3 Å². The van der Waals surface area contributed by atoms with Crippen molar-refractivity contribution in [2.75, 3.05) is 25.6 Å². The third-order valence-electron chi connectivity index (χ3n) is 5.90. The molecule has 0 aliphatic carbocycles. The standard InChI is InChI=1S/C25H29N5O2S/c1-18-8-3-4-9-19(18)27-22(31)12-15-30-24(21-11-7-14-29(21)16-17-32-2)23(28-25(30)33)20-10-5-6-13-26-20/h3-11,13-14,23-24H,12,15-17H2,1-2H3,(H,27,31)(H,28,33). The van der Waals surface area contributed by atoms with Crippen molar-refractivity contribution in [2.45, 2.75) is 32.0 Å². The molecule has 2 atom stereocenters. The van der Waals surface area contributed by atoms with Gasteiger partial charge in [0.2, 0.25) is 5.91 Å². The highest BCUT2D eigenvalue weighted by atomic mass is 32.1. The molecule has 3 heterocycles. The zero-order valence-electron chi connectivity index (χ0n) is 18.9. The highest BCUT2D eigenvalue weighted by molar-refractivity contribution is 7.80. The lowest BCUT2D eigenvalue weighted by molar-refractivity contribution is -0.116. The summed E-state index contributed by atoms with van der Waals surface area (Å²) in [5.74, 6) is -0.0399. The van der Waals surface area contributed by atoms with Gasteiger partial charge in [-0.25, -0.2) is 0 Å². The third kappa shape index (κ3) is 5.23. The molecule has 1 aliphatic rings. The van der Waals surface area contributed by atoms with Crippen LogP contribution in [0.1, 0.15) is 35.5 Å². The van der Waals surface area contributed by atoms with Gasteiger partial charge in [-0.1, -0.05) is 24.3 Å². The Labute approximate surface area is 199 Å². The number of nitrogens with one attached hydrogen (secondary N) is 2. The highest BCUT2D eigenvalue weighted by Crippen LogP contribution is 2.38. The molecule has 1 fully saturated rings. The fourth-order valence-corrected chi connectivity index (χ4v) is 4.54. The Morgan fingerprint density at radius 3 is 2.73 bits per heavy atom. The highest BCUT2D eigenvalue weighted by Gasteiger charge is 2.41. The number of methoxy groups -OCH3 is 1. The second-order valence-corrected chi connectivity index (χ2v) is 8.44. The van der Waals surface area contributed by atoms with Gasteiger partial charge in [0.25, 0.3) is 0 Å². The van der Waals surface area contributed by atoms with E-state index < -0.39 is 0 Å². The minimum Gasteiger partial charge on any atom is -0.383 e. The van der Waals surface area contributed by atoms with Crippen molar-refractivity contribution in [3.8, 4) is 0 Å². The van der Waals surface area contributed by atoms with Gasteiger partial charge in [0.15, 0.2) is 5.11 Å². The molecule has 4 rings (SSSR count). The summed E-state index contributed by atoms with van der Waals surface area (Å²) in [6, 6.07) is 17.6. The summed E-state index contributed by atoms with van der Waals surface area (Å²) < 4.78 is 7.48. The fraction of sp³-hybridized carbons (Fsp3) is 0.320. The summed E-state index contributed by atoms with van der Waals surface area (Å²) in [6.07, 6.45) is 4.16. The van der Waals surface area contributed by atoms with E-state index >= 15 is 0 Å². The largest absolute Gasteiger partial charge is 0.383 e. The molecule has 3 aromatic rings. The molecule has 0 saturated carbocycles. The SMILES string of the molecule is COCCn1cccc1C1C(c2ccccn2)NC(=S)N1CCC(=O)Nc1ccccc1C. The molecule has 1 aromatic carbocycles. The van der Waals surface area contributed by atoms with Crippen molar-refractivity contribution in [1.82, 2.24) is 19.8 Å². The van der Waals surface area contributed by atoms with Gasteiger partial charge < -0.3 is 24.8 Å². The van der Waals surface area contributed by atoms with E-state index in [4.69, 9.17) is 17.0 Å². The molecule has 2 N–H and O–H groups in total. The zero-order valence-corrected chi connectivity index (χ0v) is 19.7. The number of hydrogen-bond donors (Lipinski definition) is 2. The van der Waals surface area contributed by atoms with Crippen molar-refractivity contribution in [3.63, 3.8) is 0 Å². The van der Waals surface area contributed by atoms with Crippen LogP contribution >= 0.6 is 12.2 Å². The van der Waals surface area contributed by atoms with E-state index in [0.717, 1.165) is 29.2 Å². The van der Waals surface area contributed by atoms with E-state index in [1.807, 2.05) is 61.7 Å². The number of anilines is 1. The summed E-state index contributed by atoms with van der Waals surface area (Å²) in [6.45, 7) is 3.82. The average molecular weight is 464 g/mol. The predicted octanol–water partition coefficient (Wildman–Crippen LogP) is 3.84. The van der Waals surface area contributed by atoms with Crippen molar-refractivity contribution in [3.05, 3.63) is 83.9 Å². The summed E-state index contributed by atoms with van der Waals surface area (Å²) in [4.78, 5) is 19.4. The number of nitrogens with zero attached hydrogens (tertiary/aromatic N) is 3.